The van der Waals surface area contributed by atoms with E-state index >= 15 is 0 Å². The van der Waals surface area contributed by atoms with Crippen molar-refractivity contribution in [1.82, 2.24) is 4.90 Å². The van der Waals surface area contributed by atoms with E-state index in [1.165, 1.54) is 7.11 Å². The highest BCUT2D eigenvalue weighted by molar-refractivity contribution is 5.68. The molecule has 1 aliphatic heterocycles. The van der Waals surface area contributed by atoms with E-state index in [1.54, 1.807) is 10.8 Å². The molecule has 1 fully saturated rings. The van der Waals surface area contributed by atoms with Gasteiger partial charge < -0.3 is 14.4 Å². The van der Waals surface area contributed by atoms with Crippen molar-refractivity contribution < 1.29 is 19.1 Å². The number of rotatable bonds is 3. The molecule has 0 saturated carbocycles. The van der Waals surface area contributed by atoms with E-state index in [0.717, 1.165) is 12.8 Å². The zero-order valence-corrected chi connectivity index (χ0v) is 12.2. The number of nitrogens with zero attached hydrogens (tertiary/aromatic N) is 1. The molecule has 0 aromatic rings. The number of amides is 1. The molecule has 1 rings (SSSR count). The van der Waals surface area contributed by atoms with Crippen molar-refractivity contribution >= 4 is 12.0 Å². The Morgan fingerprint density at radius 2 is 1.89 bits per heavy atom. The van der Waals surface area contributed by atoms with Crippen LogP contribution in [0, 0.1) is 5.92 Å². The number of allylic oxidation sites excluding steroid dienone is 1. The average molecular weight is 269 g/mol. The highest BCUT2D eigenvalue weighted by atomic mass is 16.6. The third-order valence-corrected chi connectivity index (χ3v) is 3.10. The van der Waals surface area contributed by atoms with Gasteiger partial charge >= 0.3 is 6.09 Å². The third kappa shape index (κ3) is 5.35. The lowest BCUT2D eigenvalue weighted by atomic mass is 9.93. The van der Waals surface area contributed by atoms with Gasteiger partial charge in [-0.15, -0.1) is 0 Å². The second kappa shape index (κ2) is 6.62. The van der Waals surface area contributed by atoms with Crippen LogP contribution in [0.15, 0.2) is 5.76 Å². The zero-order chi connectivity index (χ0) is 14.5. The molecule has 0 atom stereocenters. The lowest BCUT2D eigenvalue weighted by Crippen LogP contribution is -2.41. The topological polar surface area (TPSA) is 55.8 Å². The molecule has 0 aliphatic carbocycles. The first-order valence-electron chi connectivity index (χ1n) is 6.61. The fraction of sp³-hybridized carbons (Fsp3) is 0.786. The summed E-state index contributed by atoms with van der Waals surface area (Å²) in [6, 6.07) is 0. The quantitative estimate of drug-likeness (QED) is 0.583. The van der Waals surface area contributed by atoms with E-state index in [1.807, 2.05) is 20.8 Å². The number of hydrogen-bond donors (Lipinski definition) is 0. The molecule has 0 N–H and O–H groups in total. The van der Waals surface area contributed by atoms with Gasteiger partial charge in [-0.3, -0.25) is 0 Å². The molecule has 0 aromatic heterocycles. The number of methoxy groups -OCH3 is 1. The van der Waals surface area contributed by atoms with Gasteiger partial charge in [0.15, 0.2) is 11.7 Å². The number of piperidine rings is 1. The lowest BCUT2D eigenvalue weighted by Gasteiger charge is -2.33. The SMILES string of the molecule is COC(=C=O)CC1CCN(C(=O)OC(C)(C)C)CC1. The van der Waals surface area contributed by atoms with Crippen molar-refractivity contribution in [2.24, 2.45) is 5.92 Å². The zero-order valence-electron chi connectivity index (χ0n) is 12.2. The van der Waals surface area contributed by atoms with E-state index < -0.39 is 5.60 Å². The van der Waals surface area contributed by atoms with Gasteiger partial charge in [-0.25, -0.2) is 9.59 Å². The molecule has 0 radical (unpaired) electrons. The number of likely N-dealkylation sites (tertiary alicyclic amines) is 1. The minimum atomic E-state index is -0.461. The summed E-state index contributed by atoms with van der Waals surface area (Å²) in [6.45, 7) is 6.90. The van der Waals surface area contributed by atoms with Crippen molar-refractivity contribution in [2.45, 2.75) is 45.6 Å². The van der Waals surface area contributed by atoms with Crippen LogP contribution in [-0.2, 0) is 14.3 Å². The molecule has 0 aromatic carbocycles. The summed E-state index contributed by atoms with van der Waals surface area (Å²) >= 11 is 0. The van der Waals surface area contributed by atoms with Crippen molar-refractivity contribution in [2.75, 3.05) is 20.2 Å². The Morgan fingerprint density at radius 1 is 1.32 bits per heavy atom. The van der Waals surface area contributed by atoms with E-state index in [9.17, 15) is 9.59 Å². The smallest absolute Gasteiger partial charge is 0.410 e. The van der Waals surface area contributed by atoms with Gasteiger partial charge in [-0.05, 0) is 39.5 Å². The van der Waals surface area contributed by atoms with E-state index in [4.69, 9.17) is 9.47 Å². The van der Waals surface area contributed by atoms with Crippen molar-refractivity contribution in [3.05, 3.63) is 5.76 Å². The number of hydrogen-bond acceptors (Lipinski definition) is 4. The predicted octanol–water partition coefficient (Wildman–Crippen LogP) is 2.39. The highest BCUT2D eigenvalue weighted by Gasteiger charge is 2.27. The summed E-state index contributed by atoms with van der Waals surface area (Å²) < 4.78 is 10.3. The second-order valence-corrected chi connectivity index (χ2v) is 5.84. The average Bonchev–Trinajstić information content (AvgIpc) is 2.34. The fourth-order valence-electron chi connectivity index (χ4n) is 2.07. The number of carbonyl (C=O) groups excluding carboxylic acids is 2. The molecule has 0 unspecified atom stereocenters. The Balaban J connectivity index is 2.41. The summed E-state index contributed by atoms with van der Waals surface area (Å²) in [5.41, 5.74) is -0.461. The first kappa shape index (κ1) is 15.6. The lowest BCUT2D eigenvalue weighted by molar-refractivity contribution is 0.0180. The molecule has 1 aliphatic rings. The highest BCUT2D eigenvalue weighted by Crippen LogP contribution is 2.24. The summed E-state index contributed by atoms with van der Waals surface area (Å²) in [5, 5.41) is 0. The molecule has 1 heterocycles. The van der Waals surface area contributed by atoms with Crippen LogP contribution in [-0.4, -0.2) is 42.7 Å². The van der Waals surface area contributed by atoms with Crippen LogP contribution in [0.2, 0.25) is 0 Å². The standard InChI is InChI=1S/C14H23NO4/c1-14(2,3)19-13(17)15-7-5-11(6-8-15)9-12(10-16)18-4/h11H,5-9H2,1-4H3. The van der Waals surface area contributed by atoms with Crippen LogP contribution in [0.3, 0.4) is 0 Å². The van der Waals surface area contributed by atoms with Gasteiger partial charge in [0, 0.05) is 19.5 Å². The first-order valence-corrected chi connectivity index (χ1v) is 6.61. The van der Waals surface area contributed by atoms with Crippen LogP contribution >= 0.6 is 0 Å². The van der Waals surface area contributed by atoms with Crippen LogP contribution in [0.5, 0.6) is 0 Å². The van der Waals surface area contributed by atoms with Crippen LogP contribution in [0.4, 0.5) is 4.79 Å². The molecule has 0 spiro atoms. The Morgan fingerprint density at radius 3 is 2.32 bits per heavy atom. The Bertz CT molecular complexity index is 358. The maximum atomic E-state index is 11.9. The Kier molecular flexibility index (Phi) is 5.43. The number of carbonyl (C=O) groups is 1. The summed E-state index contributed by atoms with van der Waals surface area (Å²) in [5.74, 6) is 2.53. The Labute approximate surface area is 114 Å². The monoisotopic (exact) mass is 269 g/mol. The van der Waals surface area contributed by atoms with Gasteiger partial charge in [0.25, 0.3) is 0 Å². The van der Waals surface area contributed by atoms with E-state index in [-0.39, 0.29) is 6.09 Å². The van der Waals surface area contributed by atoms with Crippen molar-refractivity contribution in [3.8, 4) is 0 Å². The van der Waals surface area contributed by atoms with Gasteiger partial charge in [0.2, 0.25) is 0 Å². The minimum Gasteiger partial charge on any atom is -0.490 e. The van der Waals surface area contributed by atoms with Gasteiger partial charge in [-0.2, -0.15) is 0 Å². The predicted molar refractivity (Wildman–Crippen MR) is 71.4 cm³/mol. The van der Waals surface area contributed by atoms with Crippen molar-refractivity contribution in [1.29, 1.82) is 0 Å². The van der Waals surface area contributed by atoms with Crippen molar-refractivity contribution in [3.63, 3.8) is 0 Å². The maximum Gasteiger partial charge on any atom is 0.410 e. The first-order chi connectivity index (χ1) is 8.85. The molecule has 5 nitrogen and oxygen atoms in total. The van der Waals surface area contributed by atoms with E-state index in [2.05, 4.69) is 0 Å². The van der Waals surface area contributed by atoms with Gasteiger partial charge in [0.1, 0.15) is 5.60 Å². The van der Waals surface area contributed by atoms with Crippen LogP contribution in [0.1, 0.15) is 40.0 Å². The summed E-state index contributed by atoms with van der Waals surface area (Å²) in [7, 11) is 1.48. The fourth-order valence-corrected chi connectivity index (χ4v) is 2.07. The van der Waals surface area contributed by atoms with E-state index in [0.29, 0.717) is 31.2 Å². The summed E-state index contributed by atoms with van der Waals surface area (Å²) in [6.07, 6.45) is 2.05. The molecule has 0 bridgehead atoms. The summed E-state index contributed by atoms with van der Waals surface area (Å²) in [4.78, 5) is 24.2. The second-order valence-electron chi connectivity index (χ2n) is 5.84. The van der Waals surface area contributed by atoms with Gasteiger partial charge in [-0.1, -0.05) is 0 Å². The van der Waals surface area contributed by atoms with Gasteiger partial charge in [0.05, 0.1) is 7.11 Å². The third-order valence-electron chi connectivity index (χ3n) is 3.10. The van der Waals surface area contributed by atoms with Crippen LogP contribution in [0.25, 0.3) is 0 Å². The molecule has 5 heteroatoms. The Hall–Kier alpha value is -1.48. The molecule has 1 amide bonds. The number of ether oxygens (including phenoxy) is 2. The normalized spacial score (nSPS) is 16.7. The molecule has 1 saturated heterocycles. The molecule has 19 heavy (non-hydrogen) atoms. The van der Waals surface area contributed by atoms with Crippen LogP contribution < -0.4 is 0 Å². The molecule has 108 valence electrons. The minimum absolute atomic E-state index is 0.260. The maximum absolute atomic E-state index is 11.9. The molecular weight excluding hydrogens is 246 g/mol. The molecular formula is C14H23NO4. The largest absolute Gasteiger partial charge is 0.490 e.